The highest BCUT2D eigenvalue weighted by molar-refractivity contribution is 7.03. The van der Waals surface area contributed by atoms with Gasteiger partial charge in [-0.05, 0) is 38.4 Å². The Balaban J connectivity index is 2.03. The van der Waals surface area contributed by atoms with Crippen LogP contribution in [-0.4, -0.2) is 27.7 Å². The monoisotopic (exact) mass is 392 g/mol. The SMILES string of the molecule is CC(C)(C)OC(=O)C(Cc1ccsn1)N=C(c1ccccc1)c1ccccc1. The number of aliphatic imine (C=N–C) groups is 1. The molecule has 0 saturated heterocycles. The predicted octanol–water partition coefficient (Wildman–Crippen LogP) is 4.93. The van der Waals surface area contributed by atoms with E-state index in [1.165, 1.54) is 11.5 Å². The second-order valence-electron chi connectivity index (χ2n) is 7.45. The van der Waals surface area contributed by atoms with Crippen LogP contribution in [0.1, 0.15) is 37.6 Å². The molecule has 0 amide bonds. The summed E-state index contributed by atoms with van der Waals surface area (Å²) in [5.74, 6) is -0.343. The molecule has 0 spiro atoms. The average Bonchev–Trinajstić information content (AvgIpc) is 3.18. The van der Waals surface area contributed by atoms with Crippen molar-refractivity contribution in [1.29, 1.82) is 0 Å². The van der Waals surface area contributed by atoms with E-state index in [4.69, 9.17) is 9.73 Å². The van der Waals surface area contributed by atoms with Crippen molar-refractivity contribution in [3.8, 4) is 0 Å². The van der Waals surface area contributed by atoms with E-state index >= 15 is 0 Å². The zero-order valence-corrected chi connectivity index (χ0v) is 17.1. The summed E-state index contributed by atoms with van der Waals surface area (Å²) in [5, 5.41) is 1.90. The second kappa shape index (κ2) is 8.93. The molecule has 1 aromatic heterocycles. The number of esters is 1. The lowest BCUT2D eigenvalue weighted by Gasteiger charge is -2.23. The molecular formula is C23H24N2O2S. The molecule has 1 unspecified atom stereocenters. The van der Waals surface area contributed by atoms with Crippen LogP contribution >= 0.6 is 11.5 Å². The molecule has 0 fully saturated rings. The molecule has 3 rings (SSSR count). The van der Waals surface area contributed by atoms with Crippen LogP contribution in [0.2, 0.25) is 0 Å². The van der Waals surface area contributed by atoms with E-state index in [-0.39, 0.29) is 5.97 Å². The number of rotatable bonds is 6. The maximum Gasteiger partial charge on any atom is 0.331 e. The quantitative estimate of drug-likeness (QED) is 0.441. The molecule has 2 aromatic carbocycles. The number of hydrogen-bond acceptors (Lipinski definition) is 5. The van der Waals surface area contributed by atoms with Crippen LogP contribution < -0.4 is 0 Å². The van der Waals surface area contributed by atoms with Crippen LogP contribution in [0.15, 0.2) is 77.1 Å². The average molecular weight is 393 g/mol. The number of benzene rings is 2. The first kappa shape index (κ1) is 20.0. The molecule has 0 aliphatic rings. The minimum atomic E-state index is -0.670. The first-order valence-corrected chi connectivity index (χ1v) is 10.1. The Morgan fingerprint density at radius 2 is 1.57 bits per heavy atom. The van der Waals surface area contributed by atoms with Crippen molar-refractivity contribution in [2.75, 3.05) is 0 Å². The van der Waals surface area contributed by atoms with Crippen molar-refractivity contribution >= 4 is 23.2 Å². The second-order valence-corrected chi connectivity index (χ2v) is 8.12. The fourth-order valence-corrected chi connectivity index (χ4v) is 3.31. The molecule has 1 heterocycles. The lowest BCUT2D eigenvalue weighted by Crippen LogP contribution is -2.33. The van der Waals surface area contributed by atoms with Crippen LogP contribution in [0.4, 0.5) is 0 Å². The minimum absolute atomic E-state index is 0.343. The fraction of sp³-hybridized carbons (Fsp3) is 0.261. The molecule has 0 bridgehead atoms. The molecule has 0 aliphatic heterocycles. The Hall–Kier alpha value is -2.79. The standard InChI is InChI=1S/C23H24N2O2S/c1-23(2,3)27-22(26)20(16-19-14-15-28-25-19)24-21(17-10-6-4-7-11-17)18-12-8-5-9-13-18/h4-15,20H,16H2,1-3H3. The van der Waals surface area contributed by atoms with E-state index in [2.05, 4.69) is 4.37 Å². The highest BCUT2D eigenvalue weighted by Gasteiger charge is 2.26. The van der Waals surface area contributed by atoms with Crippen LogP contribution in [0, 0.1) is 0 Å². The predicted molar refractivity (Wildman–Crippen MR) is 114 cm³/mol. The van der Waals surface area contributed by atoms with Crippen molar-refractivity contribution in [1.82, 2.24) is 4.37 Å². The van der Waals surface area contributed by atoms with Gasteiger partial charge in [0.25, 0.3) is 0 Å². The lowest BCUT2D eigenvalue weighted by molar-refractivity contribution is -0.156. The summed E-state index contributed by atoms with van der Waals surface area (Å²) in [5.41, 5.74) is 2.95. The maximum absolute atomic E-state index is 12.9. The molecule has 3 aromatic rings. The van der Waals surface area contributed by atoms with Gasteiger partial charge in [-0.2, -0.15) is 4.37 Å². The third-order valence-corrected chi connectivity index (χ3v) is 4.55. The van der Waals surface area contributed by atoms with Gasteiger partial charge >= 0.3 is 5.97 Å². The topological polar surface area (TPSA) is 51.5 Å². The van der Waals surface area contributed by atoms with Gasteiger partial charge in [-0.15, -0.1) is 0 Å². The van der Waals surface area contributed by atoms with Gasteiger partial charge < -0.3 is 4.74 Å². The van der Waals surface area contributed by atoms with Crippen molar-refractivity contribution < 1.29 is 9.53 Å². The number of ether oxygens (including phenoxy) is 1. The zero-order valence-electron chi connectivity index (χ0n) is 16.3. The van der Waals surface area contributed by atoms with Gasteiger partial charge in [0.1, 0.15) is 5.60 Å². The van der Waals surface area contributed by atoms with Crippen molar-refractivity contribution in [2.24, 2.45) is 4.99 Å². The van der Waals surface area contributed by atoms with Gasteiger partial charge in [-0.25, -0.2) is 4.79 Å². The van der Waals surface area contributed by atoms with E-state index in [9.17, 15) is 4.79 Å². The van der Waals surface area contributed by atoms with Gasteiger partial charge in [0.2, 0.25) is 0 Å². The van der Waals surface area contributed by atoms with E-state index < -0.39 is 11.6 Å². The molecule has 0 aliphatic carbocycles. The van der Waals surface area contributed by atoms with E-state index in [1.54, 1.807) is 0 Å². The molecule has 0 radical (unpaired) electrons. The van der Waals surface area contributed by atoms with E-state index in [1.807, 2.05) is 92.9 Å². The fourth-order valence-electron chi connectivity index (χ4n) is 2.76. The third-order valence-electron chi connectivity index (χ3n) is 3.95. The summed E-state index contributed by atoms with van der Waals surface area (Å²) in [6, 6.07) is 21.1. The minimum Gasteiger partial charge on any atom is -0.458 e. The number of carbonyl (C=O) groups is 1. The first-order valence-electron chi connectivity index (χ1n) is 9.23. The summed E-state index contributed by atoms with van der Waals surface area (Å²) in [4.78, 5) is 17.8. The molecular weight excluding hydrogens is 368 g/mol. The third kappa shape index (κ3) is 5.60. The highest BCUT2D eigenvalue weighted by atomic mass is 32.1. The van der Waals surface area contributed by atoms with Gasteiger partial charge in [0.15, 0.2) is 6.04 Å². The summed E-state index contributed by atoms with van der Waals surface area (Å²) >= 11 is 1.37. The molecule has 0 saturated carbocycles. The highest BCUT2D eigenvalue weighted by Crippen LogP contribution is 2.17. The Morgan fingerprint density at radius 3 is 2.04 bits per heavy atom. The summed E-state index contributed by atoms with van der Waals surface area (Å²) < 4.78 is 10.0. The molecule has 4 nitrogen and oxygen atoms in total. The molecule has 28 heavy (non-hydrogen) atoms. The van der Waals surface area contributed by atoms with Crippen LogP contribution in [-0.2, 0) is 16.0 Å². The zero-order chi connectivity index (χ0) is 20.0. The number of nitrogens with zero attached hydrogens (tertiary/aromatic N) is 2. The smallest absolute Gasteiger partial charge is 0.331 e. The van der Waals surface area contributed by atoms with Crippen molar-refractivity contribution in [3.05, 3.63) is 88.9 Å². The van der Waals surface area contributed by atoms with Gasteiger partial charge in [-0.3, -0.25) is 4.99 Å². The lowest BCUT2D eigenvalue weighted by atomic mass is 10.0. The Bertz CT molecular complexity index is 873. The number of carbonyl (C=O) groups excluding carboxylic acids is 1. The van der Waals surface area contributed by atoms with E-state index in [0.29, 0.717) is 6.42 Å². The Labute approximate surface area is 170 Å². The normalized spacial score (nSPS) is 12.2. The molecule has 0 N–H and O–H groups in total. The number of aromatic nitrogens is 1. The van der Waals surface area contributed by atoms with Crippen molar-refractivity contribution in [3.63, 3.8) is 0 Å². The summed E-state index contributed by atoms with van der Waals surface area (Å²) in [7, 11) is 0. The first-order chi connectivity index (χ1) is 13.4. The summed E-state index contributed by atoms with van der Waals surface area (Å²) in [6.45, 7) is 5.59. The van der Waals surface area contributed by atoms with Crippen LogP contribution in [0.3, 0.4) is 0 Å². The summed E-state index contributed by atoms with van der Waals surface area (Å²) in [6.07, 6.45) is 0.404. The van der Waals surface area contributed by atoms with E-state index in [0.717, 1.165) is 22.5 Å². The van der Waals surface area contributed by atoms with Crippen LogP contribution in [0.5, 0.6) is 0 Å². The van der Waals surface area contributed by atoms with Gasteiger partial charge in [0, 0.05) is 22.9 Å². The molecule has 1 atom stereocenters. The Morgan fingerprint density at radius 1 is 1.00 bits per heavy atom. The Kier molecular flexibility index (Phi) is 6.37. The number of hydrogen-bond donors (Lipinski definition) is 0. The molecule has 144 valence electrons. The van der Waals surface area contributed by atoms with Gasteiger partial charge in [-0.1, -0.05) is 60.7 Å². The van der Waals surface area contributed by atoms with Crippen molar-refractivity contribution in [2.45, 2.75) is 38.8 Å². The maximum atomic E-state index is 12.9. The van der Waals surface area contributed by atoms with Gasteiger partial charge in [0.05, 0.1) is 11.4 Å². The molecule has 5 heteroatoms. The van der Waals surface area contributed by atoms with Crippen LogP contribution in [0.25, 0.3) is 0 Å². The largest absolute Gasteiger partial charge is 0.458 e.